The molecule has 0 aliphatic rings. The van der Waals surface area contributed by atoms with Crippen LogP contribution >= 0.6 is 0 Å². The number of carbonyl (C=O) groups excluding carboxylic acids is 1. The highest BCUT2D eigenvalue weighted by atomic mass is 19.4. The van der Waals surface area contributed by atoms with E-state index in [2.05, 4.69) is 45.4 Å². The van der Waals surface area contributed by atoms with Crippen molar-refractivity contribution in [2.24, 2.45) is 0 Å². The third-order valence-electron chi connectivity index (χ3n) is 5.02. The second-order valence-corrected chi connectivity index (χ2v) is 8.33. The summed E-state index contributed by atoms with van der Waals surface area (Å²) in [6.07, 6.45) is 1.46. The van der Waals surface area contributed by atoms with Gasteiger partial charge in [0.05, 0.1) is 19.3 Å². The van der Waals surface area contributed by atoms with E-state index >= 15 is 0 Å². The normalized spacial score (nSPS) is 13.4. The quantitative estimate of drug-likeness (QED) is 0.158. The van der Waals surface area contributed by atoms with Crippen LogP contribution in [0.4, 0.5) is 13.2 Å². The molecule has 0 N–H and O–H groups in total. The van der Waals surface area contributed by atoms with Crippen LogP contribution in [0.1, 0.15) is 82.9 Å². The first kappa shape index (κ1) is 27.5. The summed E-state index contributed by atoms with van der Waals surface area (Å²) in [5, 5.41) is 0. The highest BCUT2D eigenvalue weighted by molar-refractivity contribution is 5.83. The lowest BCUT2D eigenvalue weighted by molar-refractivity contribution is -0.135. The summed E-state index contributed by atoms with van der Waals surface area (Å²) >= 11 is 0. The maximum Gasteiger partial charge on any atom is 0.416 e. The topological polar surface area (TPSA) is 35.5 Å². The van der Waals surface area contributed by atoms with Crippen LogP contribution in [0, 0.1) is 0 Å². The SMILES string of the molecule is CCCCOc1c(\C(C)=C/C=C/C(=C\C(=O)OC)C(F)(F)F)cc(C(C)C)cc1C(C)C. The van der Waals surface area contributed by atoms with Gasteiger partial charge in [0.1, 0.15) is 5.75 Å². The van der Waals surface area contributed by atoms with Gasteiger partial charge in [-0.2, -0.15) is 13.2 Å². The Morgan fingerprint density at radius 2 is 1.78 bits per heavy atom. The molecule has 6 heteroatoms. The van der Waals surface area contributed by atoms with Gasteiger partial charge in [-0.25, -0.2) is 4.79 Å². The average Bonchev–Trinajstić information content (AvgIpc) is 2.71. The predicted octanol–water partition coefficient (Wildman–Crippen LogP) is 7.73. The van der Waals surface area contributed by atoms with E-state index in [-0.39, 0.29) is 5.92 Å². The lowest BCUT2D eigenvalue weighted by atomic mass is 9.89. The zero-order valence-electron chi connectivity index (χ0n) is 20.1. The molecule has 0 unspecified atom stereocenters. The molecule has 0 amide bonds. The molecule has 0 radical (unpaired) electrons. The fraction of sp³-hybridized carbons (Fsp3) is 0.500. The predicted molar refractivity (Wildman–Crippen MR) is 124 cm³/mol. The Kier molecular flexibility index (Phi) is 10.8. The second kappa shape index (κ2) is 12.5. The van der Waals surface area contributed by atoms with Crippen molar-refractivity contribution in [3.63, 3.8) is 0 Å². The minimum Gasteiger partial charge on any atom is -0.493 e. The molecule has 0 bridgehead atoms. The Bertz CT molecular complexity index is 860. The van der Waals surface area contributed by atoms with Crippen LogP contribution in [0.5, 0.6) is 5.75 Å². The van der Waals surface area contributed by atoms with Crippen LogP contribution in [0.15, 0.2) is 42.0 Å². The molecule has 3 nitrogen and oxygen atoms in total. The molecule has 1 rings (SSSR count). The second-order valence-electron chi connectivity index (χ2n) is 8.33. The van der Waals surface area contributed by atoms with E-state index in [4.69, 9.17) is 4.74 Å². The van der Waals surface area contributed by atoms with Gasteiger partial charge in [-0.1, -0.05) is 59.3 Å². The number of benzene rings is 1. The Morgan fingerprint density at radius 1 is 1.12 bits per heavy atom. The number of esters is 1. The summed E-state index contributed by atoms with van der Waals surface area (Å²) in [5.41, 5.74) is 2.79. The minimum atomic E-state index is -4.66. The molecule has 0 saturated heterocycles. The lowest BCUT2D eigenvalue weighted by Crippen LogP contribution is -2.12. The maximum atomic E-state index is 13.2. The number of carbonyl (C=O) groups is 1. The van der Waals surface area contributed by atoms with Gasteiger partial charge in [-0.05, 0) is 54.0 Å². The van der Waals surface area contributed by atoms with Gasteiger partial charge >= 0.3 is 12.1 Å². The van der Waals surface area contributed by atoms with Crippen molar-refractivity contribution in [3.8, 4) is 5.75 Å². The minimum absolute atomic E-state index is 0.229. The number of unbranched alkanes of at least 4 members (excludes halogenated alkanes) is 1. The largest absolute Gasteiger partial charge is 0.493 e. The highest BCUT2D eigenvalue weighted by Gasteiger charge is 2.32. The number of alkyl halides is 3. The van der Waals surface area contributed by atoms with Crippen LogP contribution < -0.4 is 4.74 Å². The molecular weight excluding hydrogens is 417 g/mol. The van der Waals surface area contributed by atoms with Crippen molar-refractivity contribution in [1.29, 1.82) is 0 Å². The Labute approximate surface area is 190 Å². The Hall–Kier alpha value is -2.50. The van der Waals surface area contributed by atoms with E-state index in [1.807, 2.05) is 13.0 Å². The number of rotatable bonds is 10. The summed E-state index contributed by atoms with van der Waals surface area (Å²) in [6.45, 7) is 12.9. The number of ether oxygens (including phenoxy) is 2. The van der Waals surface area contributed by atoms with E-state index in [0.717, 1.165) is 54.0 Å². The number of halogens is 3. The average molecular weight is 453 g/mol. The highest BCUT2D eigenvalue weighted by Crippen LogP contribution is 2.38. The standard InChI is InChI=1S/C26H35F3O3/c1-8-9-13-32-25-22(18(4)5)14-20(17(2)3)15-23(25)19(6)11-10-12-21(26(27,28)29)16-24(30)31-7/h10-12,14-18H,8-9,13H2,1-7H3/b12-10+,19-11-,21-16+. The maximum absolute atomic E-state index is 13.2. The van der Waals surface area contributed by atoms with E-state index in [0.29, 0.717) is 18.6 Å². The third kappa shape index (κ3) is 8.21. The van der Waals surface area contributed by atoms with Gasteiger partial charge in [-0.15, -0.1) is 0 Å². The Balaban J connectivity index is 3.49. The van der Waals surface area contributed by atoms with E-state index < -0.39 is 17.7 Å². The van der Waals surface area contributed by atoms with Crippen molar-refractivity contribution < 1.29 is 27.4 Å². The first-order chi connectivity index (χ1) is 14.9. The number of hydrogen-bond acceptors (Lipinski definition) is 3. The van der Waals surface area contributed by atoms with Crippen molar-refractivity contribution >= 4 is 11.5 Å². The molecule has 0 aliphatic heterocycles. The van der Waals surface area contributed by atoms with Gasteiger partial charge in [0.2, 0.25) is 0 Å². The molecule has 1 aromatic rings. The van der Waals surface area contributed by atoms with Gasteiger partial charge in [0.25, 0.3) is 0 Å². The summed E-state index contributed by atoms with van der Waals surface area (Å²) in [4.78, 5) is 11.3. The zero-order valence-corrected chi connectivity index (χ0v) is 20.1. The molecule has 0 heterocycles. The first-order valence-electron chi connectivity index (χ1n) is 10.9. The van der Waals surface area contributed by atoms with Gasteiger partial charge in [0, 0.05) is 11.6 Å². The van der Waals surface area contributed by atoms with Crippen molar-refractivity contribution in [3.05, 3.63) is 58.7 Å². The van der Waals surface area contributed by atoms with Crippen molar-refractivity contribution in [2.45, 2.75) is 72.4 Å². The van der Waals surface area contributed by atoms with E-state index in [1.54, 1.807) is 6.08 Å². The molecule has 0 aliphatic carbocycles. The first-order valence-corrected chi connectivity index (χ1v) is 10.9. The van der Waals surface area contributed by atoms with Crippen molar-refractivity contribution in [2.75, 3.05) is 13.7 Å². The van der Waals surface area contributed by atoms with E-state index in [9.17, 15) is 18.0 Å². The van der Waals surface area contributed by atoms with Crippen LogP contribution in [-0.2, 0) is 9.53 Å². The van der Waals surface area contributed by atoms with Crippen LogP contribution in [-0.4, -0.2) is 25.9 Å². The van der Waals surface area contributed by atoms with Crippen molar-refractivity contribution in [1.82, 2.24) is 0 Å². The summed E-state index contributed by atoms with van der Waals surface area (Å²) < 4.78 is 50.1. The van der Waals surface area contributed by atoms with Crippen LogP contribution in [0.25, 0.3) is 5.57 Å². The van der Waals surface area contributed by atoms with Crippen LogP contribution in [0.2, 0.25) is 0 Å². The summed E-state index contributed by atoms with van der Waals surface area (Å²) in [7, 11) is 1.04. The third-order valence-corrected chi connectivity index (χ3v) is 5.02. The van der Waals surface area contributed by atoms with Gasteiger partial charge in [0.15, 0.2) is 0 Å². The summed E-state index contributed by atoms with van der Waals surface area (Å²) in [5.74, 6) is 0.244. The molecule has 0 saturated carbocycles. The van der Waals surface area contributed by atoms with Gasteiger partial charge in [-0.3, -0.25) is 0 Å². The molecule has 0 aromatic heterocycles. The summed E-state index contributed by atoms with van der Waals surface area (Å²) in [6, 6.07) is 4.20. The molecule has 0 fully saturated rings. The van der Waals surface area contributed by atoms with Gasteiger partial charge < -0.3 is 9.47 Å². The number of allylic oxidation sites excluding steroid dienone is 5. The van der Waals surface area contributed by atoms with E-state index in [1.165, 1.54) is 6.08 Å². The zero-order chi connectivity index (χ0) is 24.5. The lowest BCUT2D eigenvalue weighted by Gasteiger charge is -2.21. The fourth-order valence-electron chi connectivity index (χ4n) is 3.01. The number of methoxy groups -OCH3 is 1. The number of hydrogen-bond donors (Lipinski definition) is 0. The molecule has 0 spiro atoms. The molecular formula is C26H35F3O3. The molecule has 0 atom stereocenters. The Morgan fingerprint density at radius 3 is 2.28 bits per heavy atom. The smallest absolute Gasteiger partial charge is 0.416 e. The molecule has 32 heavy (non-hydrogen) atoms. The molecule has 1 aromatic carbocycles. The van der Waals surface area contributed by atoms with Crippen LogP contribution in [0.3, 0.4) is 0 Å². The monoisotopic (exact) mass is 452 g/mol. The molecule has 178 valence electrons. The fourth-order valence-corrected chi connectivity index (χ4v) is 3.01.